The largest absolute Gasteiger partial charge is 0.490 e. The number of ether oxygens (including phenoxy) is 4. The Morgan fingerprint density at radius 1 is 0.765 bits per heavy atom. The second kappa shape index (κ2) is 13.4. The van der Waals surface area contributed by atoms with E-state index in [9.17, 15) is 9.59 Å². The third-order valence-electron chi connectivity index (χ3n) is 6.70. The first-order valence-corrected chi connectivity index (χ1v) is 13.1. The van der Waals surface area contributed by atoms with Crippen molar-refractivity contribution in [3.05, 3.63) is 17.7 Å². The number of hydrogen-bond acceptors (Lipinski definition) is 6. The summed E-state index contributed by atoms with van der Waals surface area (Å²) in [6.07, 6.45) is 11.3. The smallest absolute Gasteiger partial charge is 0.338 e. The van der Waals surface area contributed by atoms with E-state index >= 15 is 0 Å². The lowest BCUT2D eigenvalue weighted by Gasteiger charge is -2.41. The fraction of sp³-hybridized carbons (Fsp3) is 0.704. The maximum atomic E-state index is 13.3. The minimum Gasteiger partial charge on any atom is -0.490 e. The van der Waals surface area contributed by atoms with Crippen molar-refractivity contribution in [2.75, 3.05) is 26.4 Å². The van der Waals surface area contributed by atoms with Crippen molar-refractivity contribution >= 4 is 11.9 Å². The van der Waals surface area contributed by atoms with Crippen molar-refractivity contribution in [1.82, 2.24) is 4.90 Å². The molecule has 1 aromatic rings. The van der Waals surface area contributed by atoms with Gasteiger partial charge in [-0.2, -0.15) is 0 Å². The maximum absolute atomic E-state index is 13.3. The molecule has 190 valence electrons. The van der Waals surface area contributed by atoms with Crippen molar-refractivity contribution in [2.45, 2.75) is 97.1 Å². The minimum absolute atomic E-state index is 0.0758. The van der Waals surface area contributed by atoms with Gasteiger partial charge in [0.15, 0.2) is 18.1 Å². The molecule has 0 heterocycles. The third-order valence-corrected chi connectivity index (χ3v) is 6.70. The molecule has 2 saturated carbocycles. The molecule has 7 heteroatoms. The predicted molar refractivity (Wildman–Crippen MR) is 131 cm³/mol. The van der Waals surface area contributed by atoms with Crippen LogP contribution in [-0.4, -0.2) is 55.3 Å². The molecule has 0 N–H and O–H groups in total. The highest BCUT2D eigenvalue weighted by atomic mass is 16.5. The van der Waals surface area contributed by atoms with E-state index in [0.29, 0.717) is 37.1 Å². The van der Waals surface area contributed by atoms with Crippen LogP contribution in [0.4, 0.5) is 0 Å². The molecule has 3 rings (SSSR count). The zero-order valence-corrected chi connectivity index (χ0v) is 21.1. The van der Waals surface area contributed by atoms with Crippen LogP contribution in [0, 0.1) is 0 Å². The molecule has 0 spiro atoms. The number of benzene rings is 1. The monoisotopic (exact) mass is 475 g/mol. The highest BCUT2D eigenvalue weighted by molar-refractivity contribution is 5.93. The summed E-state index contributed by atoms with van der Waals surface area (Å²) in [7, 11) is 0. The quantitative estimate of drug-likeness (QED) is 0.392. The van der Waals surface area contributed by atoms with Gasteiger partial charge in [0.2, 0.25) is 5.75 Å². The number of hydrogen-bond donors (Lipinski definition) is 0. The van der Waals surface area contributed by atoms with Crippen LogP contribution < -0.4 is 14.2 Å². The molecule has 7 nitrogen and oxygen atoms in total. The number of nitrogens with zero attached hydrogens (tertiary/aromatic N) is 1. The van der Waals surface area contributed by atoms with Gasteiger partial charge in [0.25, 0.3) is 5.91 Å². The fourth-order valence-electron chi connectivity index (χ4n) is 5.22. The number of amides is 1. The van der Waals surface area contributed by atoms with E-state index < -0.39 is 5.97 Å². The van der Waals surface area contributed by atoms with Crippen LogP contribution in [0.25, 0.3) is 0 Å². The Morgan fingerprint density at radius 3 is 1.68 bits per heavy atom. The Bertz CT molecular complexity index is 753. The summed E-state index contributed by atoms with van der Waals surface area (Å²) in [6, 6.07) is 3.73. The van der Waals surface area contributed by atoms with Crippen LogP contribution in [-0.2, 0) is 9.53 Å². The van der Waals surface area contributed by atoms with E-state index in [1.54, 1.807) is 12.1 Å². The second-order valence-corrected chi connectivity index (χ2v) is 9.06. The number of esters is 1. The van der Waals surface area contributed by atoms with Gasteiger partial charge in [-0.3, -0.25) is 4.79 Å². The normalized spacial score (nSPS) is 17.1. The van der Waals surface area contributed by atoms with Crippen molar-refractivity contribution in [1.29, 1.82) is 0 Å². The lowest BCUT2D eigenvalue weighted by atomic mass is 9.88. The molecule has 1 amide bonds. The Balaban J connectivity index is 1.73. The first-order valence-electron chi connectivity index (χ1n) is 13.1. The van der Waals surface area contributed by atoms with Crippen molar-refractivity contribution in [3.63, 3.8) is 0 Å². The summed E-state index contributed by atoms with van der Waals surface area (Å²) in [5, 5.41) is 0. The predicted octanol–water partition coefficient (Wildman–Crippen LogP) is 5.53. The second-order valence-electron chi connectivity index (χ2n) is 9.06. The highest BCUT2D eigenvalue weighted by Crippen LogP contribution is 2.39. The zero-order chi connectivity index (χ0) is 24.3. The van der Waals surface area contributed by atoms with E-state index in [1.165, 1.54) is 12.8 Å². The molecular formula is C27H41NO6. The Hall–Kier alpha value is -2.44. The lowest BCUT2D eigenvalue weighted by Crippen LogP contribution is -2.50. The third kappa shape index (κ3) is 6.80. The molecule has 0 radical (unpaired) electrons. The first-order chi connectivity index (χ1) is 16.6. The SMILES string of the molecule is CCOc1cc(C(=O)OCC(=O)N(C2CCCCC2)C2CCCCC2)cc(OCC)c1OCC. The van der Waals surface area contributed by atoms with E-state index in [4.69, 9.17) is 18.9 Å². The Morgan fingerprint density at radius 2 is 1.24 bits per heavy atom. The Labute approximate surface area is 204 Å². The molecule has 0 aliphatic heterocycles. The van der Waals surface area contributed by atoms with Crippen molar-refractivity contribution in [3.8, 4) is 17.2 Å². The van der Waals surface area contributed by atoms with E-state index in [2.05, 4.69) is 4.90 Å². The molecular weight excluding hydrogens is 434 g/mol. The van der Waals surface area contributed by atoms with Crippen molar-refractivity contribution < 1.29 is 28.5 Å². The highest BCUT2D eigenvalue weighted by Gasteiger charge is 2.33. The van der Waals surface area contributed by atoms with Gasteiger partial charge in [-0.1, -0.05) is 38.5 Å². The molecule has 0 unspecified atom stereocenters. The molecule has 0 saturated heterocycles. The van der Waals surface area contributed by atoms with Crippen LogP contribution in [0.2, 0.25) is 0 Å². The minimum atomic E-state index is -0.564. The summed E-state index contributed by atoms with van der Waals surface area (Å²) in [5.41, 5.74) is 0.282. The van der Waals surface area contributed by atoms with Crippen LogP contribution in [0.1, 0.15) is 95.3 Å². The maximum Gasteiger partial charge on any atom is 0.338 e. The van der Waals surface area contributed by atoms with E-state index in [1.807, 2.05) is 20.8 Å². The van der Waals surface area contributed by atoms with Gasteiger partial charge in [-0.15, -0.1) is 0 Å². The summed E-state index contributed by atoms with van der Waals surface area (Å²) in [4.78, 5) is 28.4. The van der Waals surface area contributed by atoms with Gasteiger partial charge in [-0.25, -0.2) is 4.79 Å². The van der Waals surface area contributed by atoms with Gasteiger partial charge in [-0.05, 0) is 58.6 Å². The molecule has 2 aliphatic carbocycles. The van der Waals surface area contributed by atoms with Gasteiger partial charge < -0.3 is 23.8 Å². The number of carbonyl (C=O) groups excluding carboxylic acids is 2. The topological polar surface area (TPSA) is 74.3 Å². The molecule has 0 aromatic heterocycles. The number of rotatable bonds is 11. The van der Waals surface area contributed by atoms with Gasteiger partial charge in [0, 0.05) is 12.1 Å². The van der Waals surface area contributed by atoms with E-state index in [0.717, 1.165) is 51.4 Å². The van der Waals surface area contributed by atoms with E-state index in [-0.39, 0.29) is 30.2 Å². The zero-order valence-electron chi connectivity index (χ0n) is 21.1. The van der Waals surface area contributed by atoms with Gasteiger partial charge in [0.1, 0.15) is 0 Å². The summed E-state index contributed by atoms with van der Waals surface area (Å²) in [5.74, 6) is 0.692. The average molecular weight is 476 g/mol. The standard InChI is InChI=1S/C27H41NO6/c1-4-31-23-17-20(18-24(32-5-2)26(23)33-6-3)27(30)34-19-25(29)28(21-13-9-7-10-14-21)22-15-11-8-12-16-22/h17-18,21-22H,4-16,19H2,1-3H3. The van der Waals surface area contributed by atoms with Crippen molar-refractivity contribution in [2.24, 2.45) is 0 Å². The van der Waals surface area contributed by atoms with Crippen LogP contribution in [0.3, 0.4) is 0 Å². The Kier molecular flexibility index (Phi) is 10.4. The summed E-state index contributed by atoms with van der Waals surface area (Å²) >= 11 is 0. The summed E-state index contributed by atoms with van der Waals surface area (Å²) in [6.45, 7) is 6.64. The van der Waals surface area contributed by atoms with Crippen LogP contribution >= 0.6 is 0 Å². The molecule has 34 heavy (non-hydrogen) atoms. The molecule has 0 bridgehead atoms. The molecule has 2 fully saturated rings. The molecule has 0 atom stereocenters. The lowest BCUT2D eigenvalue weighted by molar-refractivity contribution is -0.141. The van der Waals surface area contributed by atoms with Gasteiger partial charge >= 0.3 is 5.97 Å². The number of carbonyl (C=O) groups is 2. The molecule has 1 aromatic carbocycles. The van der Waals surface area contributed by atoms with Gasteiger partial charge in [0.05, 0.1) is 25.4 Å². The van der Waals surface area contributed by atoms with Crippen LogP contribution in [0.15, 0.2) is 12.1 Å². The van der Waals surface area contributed by atoms with Crippen LogP contribution in [0.5, 0.6) is 17.2 Å². The summed E-state index contributed by atoms with van der Waals surface area (Å²) < 4.78 is 22.6. The molecule has 2 aliphatic rings. The first kappa shape index (κ1) is 26.2. The fourth-order valence-corrected chi connectivity index (χ4v) is 5.22. The average Bonchev–Trinajstić information content (AvgIpc) is 2.86.